The van der Waals surface area contributed by atoms with Gasteiger partial charge in [-0.05, 0) is 48.0 Å². The first-order valence-electron chi connectivity index (χ1n) is 11.6. The normalized spacial score (nSPS) is 11.0. The third-order valence-corrected chi connectivity index (χ3v) is 4.86. The molecule has 14 nitrogen and oxygen atoms in total. The molecule has 0 spiro atoms. The minimum absolute atomic E-state index is 0.0560. The molecule has 2 aromatic carbocycles. The zero-order valence-corrected chi connectivity index (χ0v) is 22.0. The number of hydrogen-bond donors (Lipinski definition) is 5. The molecule has 0 aliphatic carbocycles. The third kappa shape index (κ3) is 9.63. The molecule has 0 bridgehead atoms. The highest BCUT2D eigenvalue weighted by molar-refractivity contribution is 5.98. The van der Waals surface area contributed by atoms with E-state index in [1.807, 2.05) is 6.07 Å². The Balaban J connectivity index is 0.00000131. The maximum Gasteiger partial charge on any atom is 0.300 e. The molecule has 14 heteroatoms. The van der Waals surface area contributed by atoms with E-state index < -0.39 is 12.0 Å². The smallest absolute Gasteiger partial charge is 0.300 e. The first kappa shape index (κ1) is 30.5. The van der Waals surface area contributed by atoms with Gasteiger partial charge in [0.15, 0.2) is 12.4 Å². The number of carboxylic acid groups (broad SMARTS) is 1. The van der Waals surface area contributed by atoms with E-state index >= 15 is 0 Å². The number of carbonyl (C=O) groups excluding carboxylic acids is 1. The van der Waals surface area contributed by atoms with Crippen LogP contribution in [-0.4, -0.2) is 59.9 Å². The van der Waals surface area contributed by atoms with Crippen LogP contribution in [0.15, 0.2) is 66.0 Å². The molecule has 0 fully saturated rings. The van der Waals surface area contributed by atoms with Gasteiger partial charge in [-0.15, -0.1) is 0 Å². The number of hydrogen-bond acceptors (Lipinski definition) is 11. The van der Waals surface area contributed by atoms with Crippen molar-refractivity contribution in [2.24, 2.45) is 10.8 Å². The van der Waals surface area contributed by atoms with Gasteiger partial charge in [0.2, 0.25) is 12.4 Å². The number of ether oxygens (including phenoxy) is 2. The topological polar surface area (TPSA) is 212 Å². The summed E-state index contributed by atoms with van der Waals surface area (Å²) in [7, 11) is 3.16. The van der Waals surface area contributed by atoms with Crippen LogP contribution in [0.3, 0.4) is 0 Å². The van der Waals surface area contributed by atoms with E-state index in [4.69, 9.17) is 35.8 Å². The minimum Gasteiger partial charge on any atom is -0.497 e. The number of nitrogen functional groups attached to an aromatic ring is 1. The second kappa shape index (κ2) is 15.5. The number of aliphatic carboxylic acids is 1. The molecule has 1 aromatic heterocycles. The van der Waals surface area contributed by atoms with Crippen molar-refractivity contribution < 1.29 is 24.2 Å². The Bertz CT molecular complexity index is 1360. The summed E-state index contributed by atoms with van der Waals surface area (Å²) in [6, 6.07) is 14.9. The Kier molecular flexibility index (Phi) is 11.8. The number of nitrogens with zero attached hydrogens (tertiary/aromatic N) is 5. The van der Waals surface area contributed by atoms with Crippen molar-refractivity contribution in [1.29, 1.82) is 10.7 Å². The van der Waals surface area contributed by atoms with E-state index in [1.54, 1.807) is 68.0 Å². The zero-order valence-electron chi connectivity index (χ0n) is 22.0. The molecular formula is C26H29N9O5. The van der Waals surface area contributed by atoms with Gasteiger partial charge in [0.1, 0.15) is 29.4 Å². The van der Waals surface area contributed by atoms with E-state index in [-0.39, 0.29) is 18.3 Å². The number of nitriles is 1. The van der Waals surface area contributed by atoms with Crippen LogP contribution in [0, 0.1) is 16.7 Å². The van der Waals surface area contributed by atoms with Gasteiger partial charge in [-0.3, -0.25) is 15.0 Å². The molecule has 0 saturated carbocycles. The summed E-state index contributed by atoms with van der Waals surface area (Å²) < 4.78 is 10.9. The number of rotatable bonds is 11. The number of carbonyl (C=O) groups is 2. The fourth-order valence-electron chi connectivity index (χ4n) is 3.19. The minimum atomic E-state index is -0.833. The number of methoxy groups -OCH3 is 1. The number of nitrogens with one attached hydrogen (secondary N) is 3. The predicted octanol–water partition coefficient (Wildman–Crippen LogP) is 2.11. The van der Waals surface area contributed by atoms with Crippen LogP contribution in [0.2, 0.25) is 0 Å². The van der Waals surface area contributed by atoms with Crippen LogP contribution in [-0.2, 0) is 9.59 Å². The van der Waals surface area contributed by atoms with Gasteiger partial charge in [-0.25, -0.2) is 15.0 Å². The highest BCUT2D eigenvalue weighted by Crippen LogP contribution is 2.30. The Labute approximate surface area is 230 Å². The molecule has 40 heavy (non-hydrogen) atoms. The zero-order chi connectivity index (χ0) is 29.5. The molecule has 6 N–H and O–H groups in total. The summed E-state index contributed by atoms with van der Waals surface area (Å²) in [6.45, 7) is 0.929. The van der Waals surface area contributed by atoms with Crippen LogP contribution in [0.5, 0.6) is 11.5 Å². The Morgan fingerprint density at radius 3 is 2.42 bits per heavy atom. The van der Waals surface area contributed by atoms with Gasteiger partial charge < -0.3 is 30.9 Å². The summed E-state index contributed by atoms with van der Waals surface area (Å²) in [6.07, 6.45) is 3.67. The van der Waals surface area contributed by atoms with Gasteiger partial charge in [-0.2, -0.15) is 10.4 Å². The summed E-state index contributed by atoms with van der Waals surface area (Å²) in [5, 5.41) is 35.9. The largest absolute Gasteiger partial charge is 0.497 e. The molecule has 3 aromatic rings. The lowest BCUT2D eigenvalue weighted by molar-refractivity contribution is -0.134. The second-order valence-electron chi connectivity index (χ2n) is 7.80. The molecule has 0 radical (unpaired) electrons. The van der Waals surface area contributed by atoms with Gasteiger partial charge in [-0.1, -0.05) is 0 Å². The standard InChI is InChI=1S/C24H25N9O3.C2H4O2/c1-33(24-28-9-3-10-29-24)32-23(30-15-34)21(31-18-6-4-16(5-7-18)22(26)27)17-12-19(35-2)14-20(13-17)36-11-8-25;1-2(3)4/h3-7,9-10,12-15,21,31H,11H2,1-2H3,(H3,26,27)(H,30,32,34);1H3,(H,3,4). The molecular weight excluding hydrogens is 518 g/mol. The average molecular weight is 548 g/mol. The number of hydrazone groups is 1. The van der Waals surface area contributed by atoms with Crippen LogP contribution < -0.4 is 30.8 Å². The average Bonchev–Trinajstić information content (AvgIpc) is 2.94. The fourth-order valence-corrected chi connectivity index (χ4v) is 3.19. The third-order valence-electron chi connectivity index (χ3n) is 4.86. The molecule has 1 heterocycles. The number of benzene rings is 2. The Hall–Kier alpha value is -5.71. The van der Waals surface area contributed by atoms with Crippen LogP contribution >= 0.6 is 0 Å². The molecule has 0 saturated heterocycles. The van der Waals surface area contributed by atoms with Crippen LogP contribution in [0.4, 0.5) is 11.6 Å². The molecule has 1 unspecified atom stereocenters. The number of carboxylic acids is 1. The van der Waals surface area contributed by atoms with Crippen molar-refractivity contribution in [3.63, 3.8) is 0 Å². The summed E-state index contributed by atoms with van der Waals surface area (Å²) >= 11 is 0. The number of aromatic nitrogens is 2. The van der Waals surface area contributed by atoms with Crippen molar-refractivity contribution in [1.82, 2.24) is 15.3 Å². The van der Waals surface area contributed by atoms with Gasteiger partial charge in [0.25, 0.3) is 5.97 Å². The lowest BCUT2D eigenvalue weighted by Crippen LogP contribution is -2.35. The molecule has 1 amide bonds. The van der Waals surface area contributed by atoms with Crippen molar-refractivity contribution in [2.45, 2.75) is 13.0 Å². The van der Waals surface area contributed by atoms with Crippen molar-refractivity contribution in [3.8, 4) is 17.6 Å². The van der Waals surface area contributed by atoms with E-state index in [0.29, 0.717) is 40.7 Å². The first-order valence-corrected chi connectivity index (χ1v) is 11.6. The van der Waals surface area contributed by atoms with Crippen molar-refractivity contribution in [3.05, 3.63) is 72.1 Å². The molecule has 0 aliphatic rings. The fraction of sp³-hybridized carbons (Fsp3) is 0.192. The van der Waals surface area contributed by atoms with E-state index in [2.05, 4.69) is 25.7 Å². The van der Waals surface area contributed by atoms with E-state index in [9.17, 15) is 4.79 Å². The van der Waals surface area contributed by atoms with Gasteiger partial charge >= 0.3 is 0 Å². The first-order chi connectivity index (χ1) is 19.2. The second-order valence-corrected chi connectivity index (χ2v) is 7.80. The maximum absolute atomic E-state index is 11.6. The van der Waals surface area contributed by atoms with Crippen LogP contribution in [0.1, 0.15) is 24.1 Å². The number of amides is 1. The molecule has 0 aliphatic heterocycles. The maximum atomic E-state index is 11.6. The lowest BCUT2D eigenvalue weighted by Gasteiger charge is -2.24. The summed E-state index contributed by atoms with van der Waals surface area (Å²) in [5.74, 6) is 0.518. The van der Waals surface area contributed by atoms with E-state index in [0.717, 1.165) is 6.92 Å². The van der Waals surface area contributed by atoms with E-state index in [1.165, 1.54) is 12.1 Å². The SMILES string of the molecule is CC(=O)O.COc1cc(OCC#N)cc(C(Nc2ccc(C(=N)N)cc2)/C(=N/N(C)c2ncccn2)NC=O)c1. The van der Waals surface area contributed by atoms with Gasteiger partial charge in [0, 0.05) is 43.7 Å². The monoisotopic (exact) mass is 547 g/mol. The highest BCUT2D eigenvalue weighted by atomic mass is 16.5. The summed E-state index contributed by atoms with van der Waals surface area (Å²) in [4.78, 5) is 28.9. The predicted molar refractivity (Wildman–Crippen MR) is 148 cm³/mol. The number of nitrogens with two attached hydrogens (primary N) is 1. The molecule has 208 valence electrons. The van der Waals surface area contributed by atoms with Crippen LogP contribution in [0.25, 0.3) is 0 Å². The summed E-state index contributed by atoms with van der Waals surface area (Å²) in [5.41, 5.74) is 7.41. The number of amidine groups is 2. The molecule has 1 atom stereocenters. The Morgan fingerprint density at radius 2 is 1.88 bits per heavy atom. The molecule has 3 rings (SSSR count). The van der Waals surface area contributed by atoms with Crippen molar-refractivity contribution in [2.75, 3.05) is 31.1 Å². The van der Waals surface area contributed by atoms with Gasteiger partial charge in [0.05, 0.1) is 7.11 Å². The Morgan fingerprint density at radius 1 is 1.25 bits per heavy atom. The lowest BCUT2D eigenvalue weighted by atomic mass is 10.0. The number of anilines is 2. The quantitative estimate of drug-likeness (QED) is 0.101. The highest BCUT2D eigenvalue weighted by Gasteiger charge is 2.22. The van der Waals surface area contributed by atoms with Crippen molar-refractivity contribution >= 4 is 35.7 Å².